The molecular weight excluding hydrogens is 292 g/mol. The molecule has 5 nitrogen and oxygen atoms in total. The quantitative estimate of drug-likeness (QED) is 0.626. The molecule has 3 aliphatic rings. The zero-order valence-electron chi connectivity index (χ0n) is 13.2. The highest BCUT2D eigenvalue weighted by Crippen LogP contribution is 2.62. The number of aromatic hydroxyl groups is 1. The normalized spacial score (nSPS) is 38.5. The maximum Gasteiger partial charge on any atom is 0.252 e. The van der Waals surface area contributed by atoms with E-state index in [1.807, 2.05) is 6.07 Å². The van der Waals surface area contributed by atoms with Gasteiger partial charge in [-0.25, -0.2) is 0 Å². The Labute approximate surface area is 135 Å². The smallest absolute Gasteiger partial charge is 0.252 e. The molecule has 3 aliphatic carbocycles. The first-order chi connectivity index (χ1) is 10.9. The van der Waals surface area contributed by atoms with Gasteiger partial charge in [-0.15, -0.1) is 0 Å². The first kappa shape index (κ1) is 15.0. The van der Waals surface area contributed by atoms with Crippen molar-refractivity contribution in [2.24, 2.45) is 17.4 Å². The van der Waals surface area contributed by atoms with Gasteiger partial charge in [0, 0.05) is 17.0 Å². The van der Waals surface area contributed by atoms with E-state index in [0.29, 0.717) is 12.8 Å². The lowest BCUT2D eigenvalue weighted by Crippen LogP contribution is -2.66. The minimum absolute atomic E-state index is 0.0107. The van der Waals surface area contributed by atoms with Crippen molar-refractivity contribution >= 4 is 5.91 Å². The second-order valence-corrected chi connectivity index (χ2v) is 7.66. The molecule has 1 unspecified atom stereocenters. The highest BCUT2D eigenvalue weighted by atomic mass is 16.3. The van der Waals surface area contributed by atoms with Gasteiger partial charge in [0.2, 0.25) is 0 Å². The summed E-state index contributed by atoms with van der Waals surface area (Å²) in [5.74, 6) is -0.471. The van der Waals surface area contributed by atoms with Crippen LogP contribution >= 0.6 is 0 Å². The highest BCUT2D eigenvalue weighted by Gasteiger charge is 2.63. The van der Waals surface area contributed by atoms with Crippen LogP contribution in [0.3, 0.4) is 0 Å². The Hall–Kier alpha value is -1.59. The lowest BCUT2D eigenvalue weighted by atomic mass is 9.45. The molecule has 1 aromatic carbocycles. The number of fused-ring (bicyclic) bond motifs is 1. The summed E-state index contributed by atoms with van der Waals surface area (Å²) in [7, 11) is 0. The number of carbonyl (C=O) groups is 1. The molecule has 23 heavy (non-hydrogen) atoms. The van der Waals surface area contributed by atoms with E-state index < -0.39 is 16.9 Å². The predicted molar refractivity (Wildman–Crippen MR) is 86.1 cm³/mol. The number of primary amides is 1. The summed E-state index contributed by atoms with van der Waals surface area (Å²) in [5, 5.41) is 22.4. The third kappa shape index (κ3) is 1.78. The number of hydrogen-bond donors (Lipinski definition) is 4. The molecule has 6 N–H and O–H groups in total. The molecule has 2 fully saturated rings. The van der Waals surface area contributed by atoms with Gasteiger partial charge in [0.05, 0.1) is 11.2 Å². The van der Waals surface area contributed by atoms with Crippen molar-refractivity contribution in [2.45, 2.75) is 62.0 Å². The number of benzene rings is 1. The molecule has 0 heterocycles. The second kappa shape index (κ2) is 4.71. The standard InChI is InChI=1S/C18H24N2O3/c19-12-5-7-18(23)11-2-1-6-17(18,9-12)14-10(8-11)3-4-13(15(14)21)16(20)22/h3-4,11-12,21,23H,1-2,5-9,19H2,(H2,20,22)/t11-,12?,17-,18-/m1/s1. The van der Waals surface area contributed by atoms with E-state index in [1.165, 1.54) is 0 Å². The second-order valence-electron chi connectivity index (χ2n) is 7.66. The Balaban J connectivity index is 2.00. The number of hydrogen-bond acceptors (Lipinski definition) is 4. The Morgan fingerprint density at radius 1 is 1.26 bits per heavy atom. The Morgan fingerprint density at radius 2 is 2.04 bits per heavy atom. The van der Waals surface area contributed by atoms with Crippen molar-refractivity contribution in [2.75, 3.05) is 0 Å². The van der Waals surface area contributed by atoms with Crippen LogP contribution < -0.4 is 11.5 Å². The Kier molecular flexibility index (Phi) is 3.06. The van der Waals surface area contributed by atoms with Crippen molar-refractivity contribution in [3.05, 3.63) is 28.8 Å². The summed E-state index contributed by atoms with van der Waals surface area (Å²) in [6.07, 6.45) is 5.69. The van der Waals surface area contributed by atoms with Crippen LogP contribution in [0.2, 0.25) is 0 Å². The van der Waals surface area contributed by atoms with Crippen LogP contribution in [-0.4, -0.2) is 27.8 Å². The maximum atomic E-state index is 11.7. The first-order valence-corrected chi connectivity index (χ1v) is 8.52. The van der Waals surface area contributed by atoms with E-state index >= 15 is 0 Å². The summed E-state index contributed by atoms with van der Waals surface area (Å²) in [6, 6.07) is 3.52. The van der Waals surface area contributed by atoms with Crippen LogP contribution in [0.15, 0.2) is 12.1 Å². The molecule has 0 aromatic heterocycles. The number of rotatable bonds is 1. The topological polar surface area (TPSA) is 110 Å². The largest absolute Gasteiger partial charge is 0.507 e. The lowest BCUT2D eigenvalue weighted by molar-refractivity contribution is -0.149. The summed E-state index contributed by atoms with van der Waals surface area (Å²) in [4.78, 5) is 11.7. The van der Waals surface area contributed by atoms with Gasteiger partial charge < -0.3 is 21.7 Å². The molecule has 0 saturated heterocycles. The fourth-order valence-electron chi connectivity index (χ4n) is 5.69. The zero-order chi connectivity index (χ0) is 16.4. The molecule has 1 aromatic rings. The van der Waals surface area contributed by atoms with Crippen LogP contribution in [0.4, 0.5) is 0 Å². The van der Waals surface area contributed by atoms with Crippen LogP contribution in [0, 0.1) is 5.92 Å². The predicted octanol–water partition coefficient (Wildman–Crippen LogP) is 1.33. The molecule has 0 radical (unpaired) electrons. The Morgan fingerprint density at radius 3 is 2.78 bits per heavy atom. The van der Waals surface area contributed by atoms with Gasteiger partial charge in [0.1, 0.15) is 5.75 Å². The van der Waals surface area contributed by atoms with E-state index in [2.05, 4.69) is 0 Å². The lowest BCUT2D eigenvalue weighted by Gasteiger charge is -2.62. The van der Waals surface area contributed by atoms with Crippen LogP contribution in [-0.2, 0) is 11.8 Å². The SMILES string of the molecule is NC(=O)c1ccc2c(c1O)[C@]13CCC[C@H](C2)[C@]1(O)CCC(N)C3. The van der Waals surface area contributed by atoms with Gasteiger partial charge in [0.15, 0.2) is 0 Å². The molecular formula is C18H24N2O3. The van der Waals surface area contributed by atoms with Gasteiger partial charge in [-0.2, -0.15) is 0 Å². The average molecular weight is 316 g/mol. The van der Waals surface area contributed by atoms with Crippen molar-refractivity contribution < 1.29 is 15.0 Å². The van der Waals surface area contributed by atoms with Crippen molar-refractivity contribution in [3.8, 4) is 5.75 Å². The fourth-order valence-corrected chi connectivity index (χ4v) is 5.69. The average Bonchev–Trinajstić information content (AvgIpc) is 2.47. The van der Waals surface area contributed by atoms with Gasteiger partial charge >= 0.3 is 0 Å². The van der Waals surface area contributed by atoms with Crippen molar-refractivity contribution in [1.29, 1.82) is 0 Å². The van der Waals surface area contributed by atoms with Crippen LogP contribution in [0.1, 0.15) is 60.0 Å². The first-order valence-electron chi connectivity index (χ1n) is 8.52. The van der Waals surface area contributed by atoms with Gasteiger partial charge in [-0.1, -0.05) is 12.5 Å². The molecule has 4 atom stereocenters. The molecule has 2 saturated carbocycles. The van der Waals surface area contributed by atoms with Gasteiger partial charge in [-0.3, -0.25) is 4.79 Å². The highest BCUT2D eigenvalue weighted by molar-refractivity contribution is 5.96. The molecule has 0 aliphatic heterocycles. The van der Waals surface area contributed by atoms with E-state index in [1.54, 1.807) is 6.07 Å². The van der Waals surface area contributed by atoms with E-state index in [0.717, 1.165) is 43.2 Å². The third-order valence-electron chi connectivity index (χ3n) is 6.64. The zero-order valence-corrected chi connectivity index (χ0v) is 13.2. The fraction of sp³-hybridized carbons (Fsp3) is 0.611. The van der Waals surface area contributed by atoms with Crippen LogP contribution in [0.25, 0.3) is 0 Å². The summed E-state index contributed by atoms with van der Waals surface area (Å²) < 4.78 is 0. The number of carbonyl (C=O) groups excluding carboxylic acids is 1. The molecule has 5 heteroatoms. The van der Waals surface area contributed by atoms with Crippen molar-refractivity contribution in [1.82, 2.24) is 0 Å². The molecule has 4 rings (SSSR count). The number of nitrogens with two attached hydrogens (primary N) is 2. The Bertz CT molecular complexity index is 689. The summed E-state index contributed by atoms with van der Waals surface area (Å²) in [6.45, 7) is 0. The summed E-state index contributed by atoms with van der Waals surface area (Å²) in [5.41, 5.74) is 12.2. The molecule has 0 spiro atoms. The van der Waals surface area contributed by atoms with Crippen LogP contribution in [0.5, 0.6) is 5.75 Å². The maximum absolute atomic E-state index is 11.7. The molecule has 124 valence electrons. The van der Waals surface area contributed by atoms with E-state index in [-0.39, 0.29) is 23.3 Å². The van der Waals surface area contributed by atoms with E-state index in [9.17, 15) is 15.0 Å². The minimum atomic E-state index is -0.831. The van der Waals surface area contributed by atoms with Crippen molar-refractivity contribution in [3.63, 3.8) is 0 Å². The summed E-state index contributed by atoms with van der Waals surface area (Å²) >= 11 is 0. The molecule has 2 bridgehead atoms. The van der Waals surface area contributed by atoms with E-state index in [4.69, 9.17) is 11.5 Å². The van der Waals surface area contributed by atoms with Gasteiger partial charge in [-0.05, 0) is 56.1 Å². The number of phenols is 1. The van der Waals surface area contributed by atoms with Gasteiger partial charge in [0.25, 0.3) is 5.91 Å². The molecule has 1 amide bonds. The third-order valence-corrected chi connectivity index (χ3v) is 6.64. The number of amides is 1. The number of aliphatic hydroxyl groups is 1. The minimum Gasteiger partial charge on any atom is -0.507 e. The monoisotopic (exact) mass is 316 g/mol.